The van der Waals surface area contributed by atoms with Crippen LogP contribution in [0.25, 0.3) is 0 Å². The van der Waals surface area contributed by atoms with E-state index < -0.39 is 23.1 Å². The highest BCUT2D eigenvalue weighted by atomic mass is 16.7. The third kappa shape index (κ3) is 0.400. The lowest BCUT2D eigenvalue weighted by molar-refractivity contribution is -0.163. The van der Waals surface area contributed by atoms with Gasteiger partial charge in [0.2, 0.25) is 11.2 Å². The quantitative estimate of drug-likeness (QED) is 0.219. The SMILES string of the molecule is O=C1OC(=O)C23CC=CCC12O3. The van der Waals surface area contributed by atoms with E-state index in [1.807, 2.05) is 12.2 Å². The maximum Gasteiger partial charge on any atom is 0.350 e. The maximum atomic E-state index is 11.2. The second kappa shape index (κ2) is 1.47. The van der Waals surface area contributed by atoms with Crippen molar-refractivity contribution in [3.63, 3.8) is 0 Å². The molecule has 2 atom stereocenters. The van der Waals surface area contributed by atoms with Crippen molar-refractivity contribution in [2.24, 2.45) is 0 Å². The molecule has 0 saturated carbocycles. The van der Waals surface area contributed by atoms with Crippen LogP contribution in [-0.4, -0.2) is 23.1 Å². The number of hydrogen-bond donors (Lipinski definition) is 0. The molecule has 0 aromatic heterocycles. The lowest BCUT2D eigenvalue weighted by Gasteiger charge is -2.05. The Balaban J connectivity index is 2.16. The molecule has 0 spiro atoms. The maximum absolute atomic E-state index is 11.2. The molecule has 62 valence electrons. The first kappa shape index (κ1) is 6.37. The van der Waals surface area contributed by atoms with Crippen LogP contribution in [0.2, 0.25) is 0 Å². The van der Waals surface area contributed by atoms with Gasteiger partial charge in [-0.25, -0.2) is 9.59 Å². The zero-order chi connectivity index (χ0) is 8.40. The number of cyclic esters (lactones) is 2. The summed E-state index contributed by atoms with van der Waals surface area (Å²) in [7, 11) is 0. The summed E-state index contributed by atoms with van der Waals surface area (Å²) >= 11 is 0. The van der Waals surface area contributed by atoms with E-state index in [0.29, 0.717) is 12.8 Å². The zero-order valence-electron chi connectivity index (χ0n) is 6.20. The molecule has 2 aliphatic heterocycles. The lowest BCUT2D eigenvalue weighted by atomic mass is 9.85. The number of esters is 2. The Labute approximate surface area is 68.1 Å². The fourth-order valence-electron chi connectivity index (χ4n) is 2.01. The van der Waals surface area contributed by atoms with Gasteiger partial charge in [0.15, 0.2) is 0 Å². The van der Waals surface area contributed by atoms with Gasteiger partial charge in [-0.15, -0.1) is 0 Å². The molecule has 1 aliphatic carbocycles. The summed E-state index contributed by atoms with van der Waals surface area (Å²) in [4.78, 5) is 22.4. The molecule has 12 heavy (non-hydrogen) atoms. The van der Waals surface area contributed by atoms with Crippen LogP contribution in [0.15, 0.2) is 12.2 Å². The van der Waals surface area contributed by atoms with Crippen LogP contribution < -0.4 is 0 Å². The van der Waals surface area contributed by atoms with Crippen molar-refractivity contribution in [3.05, 3.63) is 12.2 Å². The predicted octanol–water partition coefficient (Wildman–Crippen LogP) is -0.0724. The summed E-state index contributed by atoms with van der Waals surface area (Å²) in [5, 5.41) is 0. The van der Waals surface area contributed by atoms with Crippen LogP contribution in [0.3, 0.4) is 0 Å². The molecule has 0 aromatic rings. The molecule has 0 aromatic carbocycles. The number of carbonyl (C=O) groups excluding carboxylic acids is 2. The molecule has 0 radical (unpaired) electrons. The molecule has 2 fully saturated rings. The molecule has 3 aliphatic rings. The Morgan fingerprint density at radius 2 is 1.58 bits per heavy atom. The average Bonchev–Trinajstić information content (AvgIpc) is 2.69. The second-order valence-electron chi connectivity index (χ2n) is 3.31. The van der Waals surface area contributed by atoms with Crippen LogP contribution in [0.4, 0.5) is 0 Å². The summed E-state index contributed by atoms with van der Waals surface area (Å²) in [6.07, 6.45) is 4.64. The topological polar surface area (TPSA) is 55.9 Å². The van der Waals surface area contributed by atoms with Crippen molar-refractivity contribution in [1.82, 2.24) is 0 Å². The molecule has 4 nitrogen and oxygen atoms in total. The van der Waals surface area contributed by atoms with Gasteiger partial charge in [-0.1, -0.05) is 12.2 Å². The molecule has 0 amide bonds. The highest BCUT2D eigenvalue weighted by Crippen LogP contribution is 2.60. The summed E-state index contributed by atoms with van der Waals surface area (Å²) in [6.45, 7) is 0. The van der Waals surface area contributed by atoms with Crippen molar-refractivity contribution in [3.8, 4) is 0 Å². The monoisotopic (exact) mass is 166 g/mol. The highest BCUT2D eigenvalue weighted by Gasteiger charge is 2.85. The van der Waals surface area contributed by atoms with E-state index in [9.17, 15) is 9.59 Å². The van der Waals surface area contributed by atoms with Gasteiger partial charge >= 0.3 is 11.9 Å². The van der Waals surface area contributed by atoms with Crippen LogP contribution in [-0.2, 0) is 19.1 Å². The van der Waals surface area contributed by atoms with E-state index in [2.05, 4.69) is 4.74 Å². The molecule has 0 N–H and O–H groups in total. The van der Waals surface area contributed by atoms with Gasteiger partial charge in [-0.05, 0) is 0 Å². The Kier molecular flexibility index (Phi) is 0.782. The predicted molar refractivity (Wildman–Crippen MR) is 36.0 cm³/mol. The highest BCUT2D eigenvalue weighted by molar-refractivity contribution is 6.10. The van der Waals surface area contributed by atoms with Gasteiger partial charge in [0, 0.05) is 12.8 Å². The molecule has 2 heterocycles. The van der Waals surface area contributed by atoms with Gasteiger partial charge in [0.25, 0.3) is 0 Å². The minimum atomic E-state index is -0.932. The van der Waals surface area contributed by atoms with Gasteiger partial charge in [-0.3, -0.25) is 0 Å². The standard InChI is InChI=1S/C8H6O4/c9-5-7-3-1-2-4-8(7,12-7)6(10)11-5/h1-2H,3-4H2. The first-order valence-electron chi connectivity index (χ1n) is 3.83. The van der Waals surface area contributed by atoms with Crippen LogP contribution in [0, 0.1) is 0 Å². The summed E-state index contributed by atoms with van der Waals surface area (Å²) in [5.74, 6) is -1.03. The largest absolute Gasteiger partial charge is 0.389 e. The normalized spacial score (nSPS) is 48.3. The molecular formula is C8H6O4. The van der Waals surface area contributed by atoms with Crippen molar-refractivity contribution in [1.29, 1.82) is 0 Å². The third-order valence-electron chi connectivity index (χ3n) is 2.78. The zero-order valence-corrected chi connectivity index (χ0v) is 6.20. The molecule has 2 unspecified atom stereocenters. The smallest absolute Gasteiger partial charge is 0.350 e. The number of ether oxygens (including phenoxy) is 2. The number of epoxide rings is 1. The van der Waals surface area contributed by atoms with E-state index in [1.54, 1.807) is 0 Å². The van der Waals surface area contributed by atoms with Crippen molar-refractivity contribution in [2.75, 3.05) is 0 Å². The number of carbonyl (C=O) groups is 2. The third-order valence-corrected chi connectivity index (χ3v) is 2.78. The summed E-state index contributed by atoms with van der Waals surface area (Å²) < 4.78 is 9.74. The Morgan fingerprint density at radius 3 is 2.08 bits per heavy atom. The van der Waals surface area contributed by atoms with Crippen LogP contribution in [0.1, 0.15) is 12.8 Å². The Bertz CT molecular complexity index is 302. The molecule has 4 heteroatoms. The van der Waals surface area contributed by atoms with E-state index in [-0.39, 0.29) is 0 Å². The minimum absolute atomic E-state index is 0.470. The second-order valence-corrected chi connectivity index (χ2v) is 3.31. The van der Waals surface area contributed by atoms with Gasteiger partial charge in [0.05, 0.1) is 0 Å². The van der Waals surface area contributed by atoms with Gasteiger partial charge in [-0.2, -0.15) is 0 Å². The van der Waals surface area contributed by atoms with Crippen molar-refractivity contribution in [2.45, 2.75) is 24.0 Å². The van der Waals surface area contributed by atoms with E-state index in [1.165, 1.54) is 0 Å². The van der Waals surface area contributed by atoms with Crippen LogP contribution >= 0.6 is 0 Å². The lowest BCUT2D eigenvalue weighted by Crippen LogP contribution is -2.30. The molecule has 2 saturated heterocycles. The molecule has 3 rings (SSSR count). The number of rotatable bonds is 0. The fourth-order valence-corrected chi connectivity index (χ4v) is 2.01. The number of hydrogen-bond acceptors (Lipinski definition) is 4. The Hall–Kier alpha value is -1.16. The summed E-state index contributed by atoms with van der Waals surface area (Å²) in [6, 6.07) is 0. The van der Waals surface area contributed by atoms with E-state index in [4.69, 9.17) is 4.74 Å². The summed E-state index contributed by atoms with van der Waals surface area (Å²) in [5.41, 5.74) is -1.86. The average molecular weight is 166 g/mol. The van der Waals surface area contributed by atoms with Crippen molar-refractivity contribution < 1.29 is 19.1 Å². The van der Waals surface area contributed by atoms with Gasteiger partial charge < -0.3 is 9.47 Å². The van der Waals surface area contributed by atoms with E-state index in [0.717, 1.165) is 0 Å². The first-order valence-corrected chi connectivity index (χ1v) is 3.83. The van der Waals surface area contributed by atoms with Gasteiger partial charge in [0.1, 0.15) is 0 Å². The van der Waals surface area contributed by atoms with Crippen LogP contribution in [0.5, 0.6) is 0 Å². The molecule has 0 bridgehead atoms. The molecular weight excluding hydrogens is 160 g/mol. The Morgan fingerprint density at radius 1 is 1.08 bits per heavy atom. The fraction of sp³-hybridized carbons (Fsp3) is 0.500. The minimum Gasteiger partial charge on any atom is -0.389 e. The first-order chi connectivity index (χ1) is 5.71. The van der Waals surface area contributed by atoms with Crippen molar-refractivity contribution >= 4 is 11.9 Å². The van der Waals surface area contributed by atoms with E-state index >= 15 is 0 Å².